The van der Waals surface area contributed by atoms with Gasteiger partial charge in [0.2, 0.25) is 0 Å². The number of nitrogens with one attached hydrogen (secondary N) is 1. The minimum absolute atomic E-state index is 1.06. The van der Waals surface area contributed by atoms with Crippen molar-refractivity contribution in [2.75, 3.05) is 51.2 Å². The molecule has 0 saturated carbocycles. The predicted octanol–water partition coefficient (Wildman–Crippen LogP) is 0.423. The molecule has 16 heavy (non-hydrogen) atoms. The fourth-order valence-electron chi connectivity index (χ4n) is 1.93. The number of anilines is 1. The van der Waals surface area contributed by atoms with Crippen molar-refractivity contribution in [3.63, 3.8) is 0 Å². The number of rotatable bonds is 4. The summed E-state index contributed by atoms with van der Waals surface area (Å²) >= 11 is 0. The molecule has 1 aliphatic heterocycles. The van der Waals surface area contributed by atoms with Crippen LogP contribution in [0.4, 0.5) is 5.69 Å². The SMILES string of the molecule is CN(CCN1CCNCC1)c1cccnc1. The Morgan fingerprint density at radius 1 is 1.44 bits per heavy atom. The molecule has 4 heteroatoms. The Morgan fingerprint density at radius 2 is 2.25 bits per heavy atom. The summed E-state index contributed by atoms with van der Waals surface area (Å²) in [6, 6.07) is 4.08. The van der Waals surface area contributed by atoms with Crippen molar-refractivity contribution in [1.82, 2.24) is 15.2 Å². The maximum atomic E-state index is 4.14. The van der Waals surface area contributed by atoms with Crippen LogP contribution in [-0.4, -0.2) is 56.2 Å². The van der Waals surface area contributed by atoms with Crippen LogP contribution >= 0.6 is 0 Å². The van der Waals surface area contributed by atoms with Gasteiger partial charge in [-0.3, -0.25) is 9.88 Å². The number of nitrogens with zero attached hydrogens (tertiary/aromatic N) is 3. The molecule has 0 atom stereocenters. The van der Waals surface area contributed by atoms with Gasteiger partial charge in [0.25, 0.3) is 0 Å². The molecule has 0 aliphatic carbocycles. The predicted molar refractivity (Wildman–Crippen MR) is 66.8 cm³/mol. The van der Waals surface area contributed by atoms with Crippen LogP contribution in [0.15, 0.2) is 24.5 Å². The van der Waals surface area contributed by atoms with E-state index < -0.39 is 0 Å². The number of aromatic nitrogens is 1. The monoisotopic (exact) mass is 220 g/mol. The quantitative estimate of drug-likeness (QED) is 0.797. The first-order chi connectivity index (χ1) is 7.86. The molecular weight excluding hydrogens is 200 g/mol. The summed E-state index contributed by atoms with van der Waals surface area (Å²) in [5.41, 5.74) is 1.19. The Hall–Kier alpha value is -1.13. The van der Waals surface area contributed by atoms with Gasteiger partial charge in [-0.05, 0) is 12.1 Å². The van der Waals surface area contributed by atoms with Gasteiger partial charge in [-0.25, -0.2) is 0 Å². The van der Waals surface area contributed by atoms with Gasteiger partial charge in [-0.15, -0.1) is 0 Å². The zero-order chi connectivity index (χ0) is 11.2. The number of hydrogen-bond acceptors (Lipinski definition) is 4. The van der Waals surface area contributed by atoms with E-state index in [0.29, 0.717) is 0 Å². The zero-order valence-corrected chi connectivity index (χ0v) is 9.89. The Labute approximate surface area is 97.3 Å². The zero-order valence-electron chi connectivity index (χ0n) is 9.89. The molecule has 1 aromatic rings. The van der Waals surface area contributed by atoms with Crippen molar-refractivity contribution in [2.45, 2.75) is 0 Å². The van der Waals surface area contributed by atoms with E-state index in [0.717, 1.165) is 26.2 Å². The topological polar surface area (TPSA) is 31.4 Å². The van der Waals surface area contributed by atoms with Gasteiger partial charge in [0, 0.05) is 52.5 Å². The van der Waals surface area contributed by atoms with Crippen LogP contribution in [0.25, 0.3) is 0 Å². The molecule has 0 aromatic carbocycles. The highest BCUT2D eigenvalue weighted by molar-refractivity contribution is 5.42. The second-order valence-corrected chi connectivity index (χ2v) is 4.22. The highest BCUT2D eigenvalue weighted by Gasteiger charge is 2.09. The van der Waals surface area contributed by atoms with Crippen molar-refractivity contribution >= 4 is 5.69 Å². The lowest BCUT2D eigenvalue weighted by atomic mass is 10.3. The lowest BCUT2D eigenvalue weighted by Gasteiger charge is -2.29. The van der Waals surface area contributed by atoms with Crippen molar-refractivity contribution in [3.8, 4) is 0 Å². The van der Waals surface area contributed by atoms with E-state index in [-0.39, 0.29) is 0 Å². The van der Waals surface area contributed by atoms with Gasteiger partial charge in [-0.1, -0.05) is 0 Å². The summed E-state index contributed by atoms with van der Waals surface area (Å²) in [5.74, 6) is 0. The molecule has 1 aliphatic rings. The average molecular weight is 220 g/mol. The second kappa shape index (κ2) is 5.82. The smallest absolute Gasteiger partial charge is 0.0550 e. The van der Waals surface area contributed by atoms with Gasteiger partial charge in [-0.2, -0.15) is 0 Å². The molecule has 1 N–H and O–H groups in total. The highest BCUT2D eigenvalue weighted by Crippen LogP contribution is 2.08. The van der Waals surface area contributed by atoms with E-state index in [1.54, 1.807) is 0 Å². The molecular formula is C12H20N4. The first-order valence-electron chi connectivity index (χ1n) is 5.90. The maximum Gasteiger partial charge on any atom is 0.0550 e. The van der Waals surface area contributed by atoms with Gasteiger partial charge in [0.05, 0.1) is 11.9 Å². The van der Waals surface area contributed by atoms with Gasteiger partial charge in [0.15, 0.2) is 0 Å². The lowest BCUT2D eigenvalue weighted by molar-refractivity contribution is 0.246. The number of likely N-dealkylation sites (N-methyl/N-ethyl adjacent to an activating group) is 1. The number of pyridine rings is 1. The highest BCUT2D eigenvalue weighted by atomic mass is 15.2. The van der Waals surface area contributed by atoms with Crippen LogP contribution in [0, 0.1) is 0 Å². The van der Waals surface area contributed by atoms with Gasteiger partial charge < -0.3 is 10.2 Å². The van der Waals surface area contributed by atoms with Crippen LogP contribution in [0.3, 0.4) is 0 Å². The Morgan fingerprint density at radius 3 is 2.94 bits per heavy atom. The van der Waals surface area contributed by atoms with E-state index in [1.807, 2.05) is 18.5 Å². The Bertz CT molecular complexity index is 295. The van der Waals surface area contributed by atoms with Crippen molar-refractivity contribution in [2.24, 2.45) is 0 Å². The van der Waals surface area contributed by atoms with E-state index >= 15 is 0 Å². The normalized spacial score (nSPS) is 17.3. The van der Waals surface area contributed by atoms with E-state index in [4.69, 9.17) is 0 Å². The third-order valence-corrected chi connectivity index (χ3v) is 3.05. The first-order valence-corrected chi connectivity index (χ1v) is 5.90. The molecule has 1 aromatic heterocycles. The summed E-state index contributed by atoms with van der Waals surface area (Å²) in [6.07, 6.45) is 3.73. The summed E-state index contributed by atoms with van der Waals surface area (Å²) in [7, 11) is 2.12. The molecule has 0 amide bonds. The summed E-state index contributed by atoms with van der Waals surface area (Å²) in [6.45, 7) is 6.77. The molecule has 0 radical (unpaired) electrons. The standard InChI is InChI=1S/C12H20N4/c1-15(12-3-2-4-14-11-12)9-10-16-7-5-13-6-8-16/h2-4,11,13H,5-10H2,1H3. The fraction of sp³-hybridized carbons (Fsp3) is 0.583. The molecule has 0 bridgehead atoms. The molecule has 0 spiro atoms. The van der Waals surface area contributed by atoms with Crippen LogP contribution < -0.4 is 10.2 Å². The van der Waals surface area contributed by atoms with Crippen LogP contribution in [0.1, 0.15) is 0 Å². The lowest BCUT2D eigenvalue weighted by Crippen LogP contribution is -2.46. The molecule has 1 saturated heterocycles. The third-order valence-electron chi connectivity index (χ3n) is 3.05. The molecule has 2 heterocycles. The van der Waals surface area contributed by atoms with Gasteiger partial charge >= 0.3 is 0 Å². The molecule has 1 fully saturated rings. The fourth-order valence-corrected chi connectivity index (χ4v) is 1.93. The summed E-state index contributed by atoms with van der Waals surface area (Å²) in [5, 5.41) is 3.37. The number of piperazine rings is 1. The van der Waals surface area contributed by atoms with Crippen molar-refractivity contribution < 1.29 is 0 Å². The van der Waals surface area contributed by atoms with Crippen LogP contribution in [-0.2, 0) is 0 Å². The first kappa shape index (κ1) is 11.4. The average Bonchev–Trinajstić information content (AvgIpc) is 2.38. The minimum atomic E-state index is 1.06. The third kappa shape index (κ3) is 3.18. The van der Waals surface area contributed by atoms with Crippen LogP contribution in [0.5, 0.6) is 0 Å². The van der Waals surface area contributed by atoms with Gasteiger partial charge in [0.1, 0.15) is 0 Å². The van der Waals surface area contributed by atoms with Crippen LogP contribution in [0.2, 0.25) is 0 Å². The Balaban J connectivity index is 1.77. The van der Waals surface area contributed by atoms with E-state index in [9.17, 15) is 0 Å². The van der Waals surface area contributed by atoms with E-state index in [2.05, 4.69) is 33.2 Å². The largest absolute Gasteiger partial charge is 0.372 e. The molecule has 0 unspecified atom stereocenters. The van der Waals surface area contributed by atoms with Crippen molar-refractivity contribution in [1.29, 1.82) is 0 Å². The molecule has 2 rings (SSSR count). The van der Waals surface area contributed by atoms with Crippen molar-refractivity contribution in [3.05, 3.63) is 24.5 Å². The second-order valence-electron chi connectivity index (χ2n) is 4.22. The molecule has 4 nitrogen and oxygen atoms in total. The number of hydrogen-bond donors (Lipinski definition) is 1. The van der Waals surface area contributed by atoms with E-state index in [1.165, 1.54) is 18.8 Å². The Kier molecular flexibility index (Phi) is 4.13. The summed E-state index contributed by atoms with van der Waals surface area (Å²) < 4.78 is 0. The maximum absolute atomic E-state index is 4.14. The summed E-state index contributed by atoms with van der Waals surface area (Å²) in [4.78, 5) is 8.90. The molecule has 88 valence electrons. The minimum Gasteiger partial charge on any atom is -0.372 e.